The van der Waals surface area contributed by atoms with Crippen LogP contribution in [0.25, 0.3) is 0 Å². The van der Waals surface area contributed by atoms with E-state index in [1.165, 1.54) is 0 Å². The lowest BCUT2D eigenvalue weighted by atomic mass is 9.92. The first-order valence-electron chi connectivity index (χ1n) is 5.23. The largest absolute Gasteiger partial charge is 0.329 e. The predicted molar refractivity (Wildman–Crippen MR) is 62.6 cm³/mol. The number of rotatable bonds is 7. The average molecular weight is 237 g/mol. The lowest BCUT2D eigenvalue weighted by Crippen LogP contribution is -2.55. The van der Waals surface area contributed by atoms with E-state index < -0.39 is 15.7 Å². The van der Waals surface area contributed by atoms with Crippen molar-refractivity contribution in [3.05, 3.63) is 0 Å². The Kier molecular flexibility index (Phi) is 5.72. The second-order valence-corrected chi connectivity index (χ2v) is 5.97. The average Bonchev–Trinajstić information content (AvgIpc) is 2.01. The van der Waals surface area contributed by atoms with Gasteiger partial charge in [0.1, 0.15) is 0 Å². The fraction of sp³-hybridized carbons (Fsp3) is 1.00. The van der Waals surface area contributed by atoms with E-state index in [1.807, 2.05) is 20.8 Å². The first-order chi connectivity index (χ1) is 6.74. The summed E-state index contributed by atoms with van der Waals surface area (Å²) in [5, 5.41) is 0. The number of nitrogens with two attached hydrogens (primary N) is 1. The fourth-order valence-corrected chi connectivity index (χ4v) is 2.89. The molecule has 1 atom stereocenters. The van der Waals surface area contributed by atoms with Crippen molar-refractivity contribution in [1.82, 2.24) is 9.44 Å². The zero-order valence-corrected chi connectivity index (χ0v) is 10.8. The molecule has 0 aromatic heterocycles. The van der Waals surface area contributed by atoms with E-state index in [0.29, 0.717) is 18.9 Å². The zero-order valence-electron chi connectivity index (χ0n) is 10.0. The van der Waals surface area contributed by atoms with Crippen molar-refractivity contribution < 1.29 is 8.42 Å². The van der Waals surface area contributed by atoms with Crippen LogP contribution in [0.2, 0.25) is 0 Å². The lowest BCUT2D eigenvalue weighted by Gasteiger charge is -2.30. The summed E-state index contributed by atoms with van der Waals surface area (Å²) in [6, 6.07) is 0. The Bertz CT molecular complexity index is 277. The Morgan fingerprint density at radius 2 is 1.93 bits per heavy atom. The molecule has 0 bridgehead atoms. The molecule has 0 aliphatic rings. The highest BCUT2D eigenvalue weighted by molar-refractivity contribution is 7.87. The third kappa shape index (κ3) is 6.09. The van der Waals surface area contributed by atoms with Gasteiger partial charge in [0, 0.05) is 18.6 Å². The minimum absolute atomic E-state index is 0.288. The van der Waals surface area contributed by atoms with Gasteiger partial charge in [-0.2, -0.15) is 13.1 Å². The van der Waals surface area contributed by atoms with Crippen LogP contribution < -0.4 is 15.2 Å². The Hall–Kier alpha value is -0.170. The maximum absolute atomic E-state index is 11.5. The maximum atomic E-state index is 11.5. The van der Waals surface area contributed by atoms with E-state index in [-0.39, 0.29) is 6.54 Å². The van der Waals surface area contributed by atoms with Gasteiger partial charge >= 0.3 is 0 Å². The summed E-state index contributed by atoms with van der Waals surface area (Å²) in [6.45, 7) is 8.29. The molecule has 6 heteroatoms. The molecule has 92 valence electrons. The monoisotopic (exact) mass is 237 g/mol. The third-order valence-electron chi connectivity index (χ3n) is 2.02. The van der Waals surface area contributed by atoms with Crippen molar-refractivity contribution in [3.8, 4) is 0 Å². The van der Waals surface area contributed by atoms with Crippen molar-refractivity contribution in [3.63, 3.8) is 0 Å². The first kappa shape index (κ1) is 14.8. The summed E-state index contributed by atoms with van der Waals surface area (Å²) in [5.41, 5.74) is 5.03. The maximum Gasteiger partial charge on any atom is 0.277 e. The quantitative estimate of drug-likeness (QED) is 0.591. The van der Waals surface area contributed by atoms with Gasteiger partial charge in [0.05, 0.1) is 0 Å². The van der Waals surface area contributed by atoms with Gasteiger partial charge in [-0.1, -0.05) is 20.8 Å². The molecule has 0 fully saturated rings. The van der Waals surface area contributed by atoms with Crippen molar-refractivity contribution in [1.29, 1.82) is 0 Å². The Balaban J connectivity index is 4.56. The van der Waals surface area contributed by atoms with Crippen LogP contribution in [0, 0.1) is 5.92 Å². The normalized spacial score (nSPS) is 16.7. The molecule has 5 nitrogen and oxygen atoms in total. The summed E-state index contributed by atoms with van der Waals surface area (Å²) in [5.74, 6) is 0.392. The van der Waals surface area contributed by atoms with Crippen LogP contribution in [0.5, 0.6) is 0 Å². The predicted octanol–water partition coefficient (Wildman–Crippen LogP) is 0.194. The van der Waals surface area contributed by atoms with Crippen LogP contribution >= 0.6 is 0 Å². The van der Waals surface area contributed by atoms with Crippen LogP contribution in [-0.4, -0.2) is 27.0 Å². The third-order valence-corrected chi connectivity index (χ3v) is 3.45. The summed E-state index contributed by atoms with van der Waals surface area (Å²) in [7, 11) is -3.43. The van der Waals surface area contributed by atoms with Gasteiger partial charge in [0.15, 0.2) is 0 Å². The molecule has 0 heterocycles. The molecular weight excluding hydrogens is 214 g/mol. The Labute approximate surface area is 93.0 Å². The minimum atomic E-state index is -3.43. The van der Waals surface area contributed by atoms with Crippen molar-refractivity contribution in [2.75, 3.05) is 13.1 Å². The molecule has 0 aliphatic heterocycles. The molecule has 0 amide bonds. The van der Waals surface area contributed by atoms with Gasteiger partial charge in [-0.25, -0.2) is 4.72 Å². The summed E-state index contributed by atoms with van der Waals surface area (Å²) in [4.78, 5) is 0. The van der Waals surface area contributed by atoms with Gasteiger partial charge < -0.3 is 5.73 Å². The van der Waals surface area contributed by atoms with E-state index in [1.54, 1.807) is 6.92 Å². The molecule has 0 aliphatic carbocycles. The standard InChI is InChI=1S/C9H23N3O2S/c1-5-11-15(13,14)12-9(4,7-10)6-8(2)3/h8,11-12H,5-7,10H2,1-4H3. The molecule has 0 rings (SSSR count). The van der Waals surface area contributed by atoms with Crippen LogP contribution in [-0.2, 0) is 10.2 Å². The van der Waals surface area contributed by atoms with Gasteiger partial charge in [0.2, 0.25) is 0 Å². The second-order valence-electron chi connectivity index (χ2n) is 4.47. The molecule has 0 aromatic rings. The lowest BCUT2D eigenvalue weighted by molar-refractivity contribution is 0.343. The van der Waals surface area contributed by atoms with E-state index in [4.69, 9.17) is 5.73 Å². The van der Waals surface area contributed by atoms with Crippen LogP contribution in [0.1, 0.15) is 34.1 Å². The van der Waals surface area contributed by atoms with E-state index in [2.05, 4.69) is 9.44 Å². The minimum Gasteiger partial charge on any atom is -0.329 e. The first-order valence-corrected chi connectivity index (χ1v) is 6.71. The molecule has 0 spiro atoms. The van der Waals surface area contributed by atoms with Crippen molar-refractivity contribution in [2.45, 2.75) is 39.7 Å². The molecule has 0 saturated heterocycles. The van der Waals surface area contributed by atoms with Gasteiger partial charge in [0.25, 0.3) is 10.2 Å². The molecule has 0 radical (unpaired) electrons. The zero-order chi connectivity index (χ0) is 12.1. The Morgan fingerprint density at radius 1 is 1.40 bits per heavy atom. The summed E-state index contributed by atoms with van der Waals surface area (Å²) in [6.07, 6.45) is 0.716. The number of hydrogen-bond acceptors (Lipinski definition) is 3. The SMILES string of the molecule is CCNS(=O)(=O)NC(C)(CN)CC(C)C. The Morgan fingerprint density at radius 3 is 2.27 bits per heavy atom. The smallest absolute Gasteiger partial charge is 0.277 e. The van der Waals surface area contributed by atoms with E-state index in [9.17, 15) is 8.42 Å². The topological polar surface area (TPSA) is 84.2 Å². The number of hydrogen-bond donors (Lipinski definition) is 3. The van der Waals surface area contributed by atoms with Crippen molar-refractivity contribution in [2.24, 2.45) is 11.7 Å². The molecular formula is C9H23N3O2S. The molecule has 4 N–H and O–H groups in total. The number of nitrogens with one attached hydrogen (secondary N) is 2. The highest BCUT2D eigenvalue weighted by Crippen LogP contribution is 2.15. The highest BCUT2D eigenvalue weighted by atomic mass is 32.2. The molecule has 1 unspecified atom stereocenters. The van der Waals surface area contributed by atoms with Gasteiger partial charge in [-0.15, -0.1) is 0 Å². The molecule has 0 aromatic carbocycles. The molecule has 0 saturated carbocycles. The fourth-order valence-electron chi connectivity index (χ4n) is 1.62. The van der Waals surface area contributed by atoms with E-state index in [0.717, 1.165) is 0 Å². The summed E-state index contributed by atoms with van der Waals surface area (Å²) >= 11 is 0. The van der Waals surface area contributed by atoms with Crippen LogP contribution in [0.3, 0.4) is 0 Å². The molecule has 15 heavy (non-hydrogen) atoms. The van der Waals surface area contributed by atoms with Crippen LogP contribution in [0.4, 0.5) is 0 Å². The van der Waals surface area contributed by atoms with E-state index >= 15 is 0 Å². The van der Waals surface area contributed by atoms with Crippen molar-refractivity contribution >= 4 is 10.2 Å². The van der Waals surface area contributed by atoms with Crippen LogP contribution in [0.15, 0.2) is 0 Å². The summed E-state index contributed by atoms with van der Waals surface area (Å²) < 4.78 is 28.0. The second kappa shape index (κ2) is 5.79. The highest BCUT2D eigenvalue weighted by Gasteiger charge is 2.28. The van der Waals surface area contributed by atoms with Gasteiger partial charge in [-0.05, 0) is 19.3 Å². The van der Waals surface area contributed by atoms with Gasteiger partial charge in [-0.3, -0.25) is 0 Å².